The molecule has 4 bridgehead atoms. The van der Waals surface area contributed by atoms with Gasteiger partial charge in [0.25, 0.3) is 0 Å². The van der Waals surface area contributed by atoms with Crippen LogP contribution >= 0.6 is 11.1 Å². The van der Waals surface area contributed by atoms with Crippen LogP contribution in [0.3, 0.4) is 0 Å². The average molecular weight is 263 g/mol. The van der Waals surface area contributed by atoms with Gasteiger partial charge in [0.2, 0.25) is 0 Å². The highest BCUT2D eigenvalue weighted by atomic mass is 35.6. The summed E-state index contributed by atoms with van der Waals surface area (Å²) in [5.41, 5.74) is 0.802. The summed E-state index contributed by atoms with van der Waals surface area (Å²) in [5.74, 6) is 5.29. The van der Waals surface area contributed by atoms with E-state index in [4.69, 9.17) is 11.1 Å². The third kappa shape index (κ3) is 1.48. The van der Waals surface area contributed by atoms with Crippen molar-refractivity contribution in [2.24, 2.45) is 35.5 Å². The monoisotopic (exact) mass is 262 g/mol. The van der Waals surface area contributed by atoms with E-state index in [2.05, 4.69) is 24.3 Å². The zero-order valence-corrected chi connectivity index (χ0v) is 11.8. The Morgan fingerprint density at radius 1 is 0.765 bits per heavy atom. The van der Waals surface area contributed by atoms with E-state index in [-0.39, 0.29) is 0 Å². The Labute approximate surface area is 111 Å². The third-order valence-electron chi connectivity index (χ3n) is 5.81. The van der Waals surface area contributed by atoms with Gasteiger partial charge in [0.1, 0.15) is 0 Å². The average Bonchev–Trinajstić information content (AvgIpc) is 3.13. The quantitative estimate of drug-likeness (QED) is 0.409. The fourth-order valence-corrected chi connectivity index (χ4v) is 7.26. The fraction of sp³-hybridized carbons (Fsp3) is 0.733. The van der Waals surface area contributed by atoms with Crippen LogP contribution in [-0.2, 0) is 0 Å². The maximum atomic E-state index is 6.42. The minimum absolute atomic E-state index is 0.633. The van der Waals surface area contributed by atoms with Crippen LogP contribution in [-0.4, -0.2) is 8.83 Å². The molecule has 90 valence electrons. The molecule has 4 aliphatic rings. The second kappa shape index (κ2) is 3.99. The molecule has 0 aromatic carbocycles. The van der Waals surface area contributed by atoms with Crippen molar-refractivity contribution in [1.82, 2.24) is 0 Å². The Hall–Kier alpha value is -0.0131. The largest absolute Gasteiger partial charge is 0.175 e. The Bertz CT molecular complexity index is 313. The SMILES string of the molecule is Cl[Si]C(C1C2C=CC1CC2)C1C2C=CC1CC2. The molecule has 2 radical (unpaired) electrons. The van der Waals surface area contributed by atoms with E-state index in [0.717, 1.165) is 41.0 Å². The molecule has 4 aliphatic carbocycles. The summed E-state index contributed by atoms with van der Waals surface area (Å²) in [6.07, 6.45) is 15.7. The molecule has 0 N–H and O–H groups in total. The fourth-order valence-electron chi connectivity index (χ4n) is 5.11. The van der Waals surface area contributed by atoms with Crippen LogP contribution in [0, 0.1) is 35.5 Å². The summed E-state index contributed by atoms with van der Waals surface area (Å²) in [4.78, 5) is 0. The third-order valence-corrected chi connectivity index (χ3v) is 7.59. The molecule has 2 fully saturated rings. The van der Waals surface area contributed by atoms with Gasteiger partial charge in [-0.1, -0.05) is 24.3 Å². The number of hydrogen-bond donors (Lipinski definition) is 0. The molecule has 4 atom stereocenters. The number of halogens is 1. The van der Waals surface area contributed by atoms with Crippen molar-refractivity contribution in [2.45, 2.75) is 31.2 Å². The lowest BCUT2D eigenvalue weighted by Crippen LogP contribution is -2.28. The number of rotatable bonds is 3. The van der Waals surface area contributed by atoms with Gasteiger partial charge in [0.05, 0.1) is 0 Å². The van der Waals surface area contributed by atoms with E-state index in [1.165, 1.54) is 25.7 Å². The molecule has 0 amide bonds. The van der Waals surface area contributed by atoms with Gasteiger partial charge in [-0.25, -0.2) is 0 Å². The molecule has 0 aliphatic heterocycles. The van der Waals surface area contributed by atoms with Gasteiger partial charge in [-0.3, -0.25) is 0 Å². The molecule has 0 spiro atoms. The highest BCUT2D eigenvalue weighted by Gasteiger charge is 2.50. The van der Waals surface area contributed by atoms with Gasteiger partial charge in [-0.15, -0.1) is 0 Å². The summed E-state index contributed by atoms with van der Waals surface area (Å²) in [6.45, 7) is 0. The first-order chi connectivity index (χ1) is 8.38. The standard InChI is InChI=1S/C15H19ClSi/c16-17-15(13-9-1-2-10(13)4-3-9)14-11-5-6-12(14)8-7-11/h1-2,5-6,9-15H,3-4,7-8H2. The molecule has 0 aromatic rings. The topological polar surface area (TPSA) is 0 Å². The highest BCUT2D eigenvalue weighted by Crippen LogP contribution is 2.59. The van der Waals surface area contributed by atoms with Crippen molar-refractivity contribution in [1.29, 1.82) is 0 Å². The molecular formula is C15H19ClSi. The molecular weight excluding hydrogens is 244 g/mol. The lowest BCUT2D eigenvalue weighted by Gasteiger charge is -2.33. The maximum absolute atomic E-state index is 6.42. The van der Waals surface area contributed by atoms with Gasteiger partial charge in [0.15, 0.2) is 8.83 Å². The zero-order valence-electron chi connectivity index (χ0n) is 10.1. The number of fused-ring (bicyclic) bond motifs is 4. The number of allylic oxidation sites excluding steroid dienone is 4. The van der Waals surface area contributed by atoms with Crippen LogP contribution in [0.15, 0.2) is 24.3 Å². The van der Waals surface area contributed by atoms with Crippen molar-refractivity contribution in [3.8, 4) is 0 Å². The van der Waals surface area contributed by atoms with E-state index in [0.29, 0.717) is 8.83 Å². The van der Waals surface area contributed by atoms with E-state index in [1.54, 1.807) is 0 Å². The normalized spacial score (nSPS) is 51.6. The van der Waals surface area contributed by atoms with E-state index in [1.807, 2.05) is 0 Å². The molecule has 0 nitrogen and oxygen atoms in total. The Balaban J connectivity index is 1.59. The second-order valence-corrected chi connectivity index (χ2v) is 7.91. The second-order valence-electron chi connectivity index (χ2n) is 6.37. The molecule has 0 aromatic heterocycles. The minimum atomic E-state index is 0.633. The minimum Gasteiger partial charge on any atom is -0.171 e. The van der Waals surface area contributed by atoms with E-state index in [9.17, 15) is 0 Å². The molecule has 2 heteroatoms. The van der Waals surface area contributed by atoms with Crippen molar-refractivity contribution in [2.75, 3.05) is 0 Å². The first-order valence-corrected chi connectivity index (χ1v) is 9.20. The van der Waals surface area contributed by atoms with Gasteiger partial charge in [-0.2, -0.15) is 11.1 Å². The maximum Gasteiger partial charge on any atom is 0.175 e. The first-order valence-electron chi connectivity index (χ1n) is 7.11. The summed E-state index contributed by atoms with van der Waals surface area (Å²) >= 11 is 6.42. The van der Waals surface area contributed by atoms with E-state index >= 15 is 0 Å². The molecule has 2 saturated carbocycles. The Kier molecular flexibility index (Phi) is 2.55. The Morgan fingerprint density at radius 3 is 1.35 bits per heavy atom. The van der Waals surface area contributed by atoms with Gasteiger partial charge in [-0.05, 0) is 66.7 Å². The summed E-state index contributed by atoms with van der Waals surface area (Å²) in [5, 5.41) is 0. The predicted octanol–water partition coefficient (Wildman–Crippen LogP) is 4.06. The lowest BCUT2D eigenvalue weighted by molar-refractivity contribution is 0.279. The van der Waals surface area contributed by atoms with Gasteiger partial charge < -0.3 is 0 Å². The summed E-state index contributed by atoms with van der Waals surface area (Å²) in [6, 6.07) is 0. The van der Waals surface area contributed by atoms with Crippen LogP contribution in [0.2, 0.25) is 5.54 Å². The van der Waals surface area contributed by atoms with Crippen LogP contribution < -0.4 is 0 Å². The molecule has 0 saturated heterocycles. The van der Waals surface area contributed by atoms with Crippen LogP contribution in [0.25, 0.3) is 0 Å². The zero-order chi connectivity index (χ0) is 11.4. The first kappa shape index (κ1) is 10.9. The smallest absolute Gasteiger partial charge is 0.171 e. The van der Waals surface area contributed by atoms with E-state index < -0.39 is 0 Å². The van der Waals surface area contributed by atoms with Crippen molar-refractivity contribution >= 4 is 19.9 Å². The van der Waals surface area contributed by atoms with Crippen LogP contribution in [0.5, 0.6) is 0 Å². The lowest BCUT2D eigenvalue weighted by atomic mass is 9.80. The highest BCUT2D eigenvalue weighted by molar-refractivity contribution is 6.94. The number of hydrogen-bond acceptors (Lipinski definition) is 0. The van der Waals surface area contributed by atoms with Crippen molar-refractivity contribution in [3.63, 3.8) is 0 Å². The molecule has 4 unspecified atom stereocenters. The molecule has 17 heavy (non-hydrogen) atoms. The molecule has 4 rings (SSSR count). The Morgan fingerprint density at radius 2 is 1.12 bits per heavy atom. The summed E-state index contributed by atoms with van der Waals surface area (Å²) in [7, 11) is 0.633. The van der Waals surface area contributed by atoms with Crippen LogP contribution in [0.4, 0.5) is 0 Å². The van der Waals surface area contributed by atoms with Crippen molar-refractivity contribution < 1.29 is 0 Å². The van der Waals surface area contributed by atoms with Crippen molar-refractivity contribution in [3.05, 3.63) is 24.3 Å². The van der Waals surface area contributed by atoms with Gasteiger partial charge in [0, 0.05) is 0 Å². The summed E-state index contributed by atoms with van der Waals surface area (Å²) < 4.78 is 0. The molecule has 0 heterocycles. The predicted molar refractivity (Wildman–Crippen MR) is 73.0 cm³/mol. The van der Waals surface area contributed by atoms with Gasteiger partial charge >= 0.3 is 0 Å². The van der Waals surface area contributed by atoms with Crippen LogP contribution in [0.1, 0.15) is 25.7 Å².